The number of halogens is 1. The van der Waals surface area contributed by atoms with E-state index in [1.165, 1.54) is 0 Å². The van der Waals surface area contributed by atoms with Gasteiger partial charge in [0.1, 0.15) is 11.5 Å². The summed E-state index contributed by atoms with van der Waals surface area (Å²) in [5.41, 5.74) is 1.83. The normalized spacial score (nSPS) is 13.0. The van der Waals surface area contributed by atoms with Crippen molar-refractivity contribution < 1.29 is 14.3 Å². The molecule has 4 nitrogen and oxygen atoms in total. The van der Waals surface area contributed by atoms with Crippen LogP contribution in [0.3, 0.4) is 0 Å². The fourth-order valence-corrected chi connectivity index (χ4v) is 2.50. The number of carbonyl (C=O) groups is 1. The van der Waals surface area contributed by atoms with E-state index < -0.39 is 6.10 Å². The molecule has 0 unspecified atom stereocenters. The summed E-state index contributed by atoms with van der Waals surface area (Å²) >= 11 is 6.00. The Morgan fingerprint density at radius 3 is 2.54 bits per heavy atom. The van der Waals surface area contributed by atoms with E-state index in [1.807, 2.05) is 44.2 Å². The molecule has 0 aliphatic heterocycles. The molecule has 0 saturated carbocycles. The van der Waals surface area contributed by atoms with Gasteiger partial charge in [0.2, 0.25) is 0 Å². The van der Waals surface area contributed by atoms with Crippen LogP contribution >= 0.6 is 11.6 Å². The fourth-order valence-electron chi connectivity index (χ4n) is 2.38. The molecule has 2 aromatic rings. The largest absolute Gasteiger partial charge is 0.496 e. The molecule has 128 valence electrons. The average molecular weight is 348 g/mol. The number of benzene rings is 2. The standard InChI is InChI=1S/C19H22ClNO3/c1-12-11-15(9-10-17(12)20)24-14(3)19(22)21-13(2)16-7-5-6-8-18(16)23-4/h5-11,13-14H,1-4H3,(H,21,22)/t13-,14+/m1/s1. The number of hydrogen-bond donors (Lipinski definition) is 1. The average Bonchev–Trinajstić information content (AvgIpc) is 2.57. The maximum absolute atomic E-state index is 12.4. The van der Waals surface area contributed by atoms with Gasteiger partial charge in [-0.1, -0.05) is 29.8 Å². The van der Waals surface area contributed by atoms with Crippen LogP contribution < -0.4 is 14.8 Å². The summed E-state index contributed by atoms with van der Waals surface area (Å²) in [4.78, 5) is 12.4. The van der Waals surface area contributed by atoms with Crippen molar-refractivity contribution in [1.82, 2.24) is 5.32 Å². The third kappa shape index (κ3) is 4.42. The highest BCUT2D eigenvalue weighted by atomic mass is 35.5. The number of nitrogens with one attached hydrogen (secondary N) is 1. The summed E-state index contributed by atoms with van der Waals surface area (Å²) in [5.74, 6) is 1.16. The molecule has 2 rings (SSSR count). The van der Waals surface area contributed by atoms with Gasteiger partial charge in [-0.05, 0) is 50.6 Å². The Kier molecular flexibility index (Phi) is 6.10. The Balaban J connectivity index is 2.01. The van der Waals surface area contributed by atoms with E-state index in [0.29, 0.717) is 10.8 Å². The van der Waals surface area contributed by atoms with Crippen LogP contribution in [0.4, 0.5) is 0 Å². The molecule has 0 spiro atoms. The lowest BCUT2D eigenvalue weighted by Gasteiger charge is -2.20. The maximum Gasteiger partial charge on any atom is 0.261 e. The molecule has 0 fully saturated rings. The molecule has 0 heterocycles. The molecular formula is C19H22ClNO3. The van der Waals surface area contributed by atoms with Gasteiger partial charge in [0, 0.05) is 10.6 Å². The molecule has 0 aliphatic carbocycles. The molecule has 1 amide bonds. The smallest absolute Gasteiger partial charge is 0.261 e. The van der Waals surface area contributed by atoms with Crippen LogP contribution in [0.2, 0.25) is 5.02 Å². The summed E-state index contributed by atoms with van der Waals surface area (Å²) < 4.78 is 11.0. The Hall–Kier alpha value is -2.20. The van der Waals surface area contributed by atoms with Gasteiger partial charge in [-0.2, -0.15) is 0 Å². The van der Waals surface area contributed by atoms with Crippen molar-refractivity contribution >= 4 is 17.5 Å². The molecule has 5 heteroatoms. The van der Waals surface area contributed by atoms with Crippen LogP contribution in [0.1, 0.15) is 31.0 Å². The van der Waals surface area contributed by atoms with E-state index in [0.717, 1.165) is 16.9 Å². The molecular weight excluding hydrogens is 326 g/mol. The van der Waals surface area contributed by atoms with Gasteiger partial charge in [0.15, 0.2) is 6.10 Å². The SMILES string of the molecule is COc1ccccc1[C@@H](C)NC(=O)[C@H](C)Oc1ccc(Cl)c(C)c1. The van der Waals surface area contributed by atoms with E-state index in [-0.39, 0.29) is 11.9 Å². The minimum Gasteiger partial charge on any atom is -0.496 e. The van der Waals surface area contributed by atoms with Crippen molar-refractivity contribution in [3.63, 3.8) is 0 Å². The topological polar surface area (TPSA) is 47.6 Å². The van der Waals surface area contributed by atoms with Crippen molar-refractivity contribution in [3.8, 4) is 11.5 Å². The van der Waals surface area contributed by atoms with E-state index in [4.69, 9.17) is 21.1 Å². The Bertz CT molecular complexity index is 718. The minimum absolute atomic E-state index is 0.188. The number of methoxy groups -OCH3 is 1. The van der Waals surface area contributed by atoms with E-state index >= 15 is 0 Å². The summed E-state index contributed by atoms with van der Waals surface area (Å²) in [6.07, 6.45) is -0.622. The maximum atomic E-state index is 12.4. The van der Waals surface area contributed by atoms with Gasteiger partial charge in [-0.3, -0.25) is 4.79 Å². The first-order valence-electron chi connectivity index (χ1n) is 7.78. The first-order chi connectivity index (χ1) is 11.4. The van der Waals surface area contributed by atoms with Crippen molar-refractivity contribution in [2.24, 2.45) is 0 Å². The van der Waals surface area contributed by atoms with Gasteiger partial charge >= 0.3 is 0 Å². The lowest BCUT2D eigenvalue weighted by atomic mass is 10.1. The quantitative estimate of drug-likeness (QED) is 0.847. The lowest BCUT2D eigenvalue weighted by Crippen LogP contribution is -2.37. The van der Waals surface area contributed by atoms with Crippen molar-refractivity contribution in [2.45, 2.75) is 32.9 Å². The van der Waals surface area contributed by atoms with Crippen LogP contribution in [0.5, 0.6) is 11.5 Å². The van der Waals surface area contributed by atoms with Crippen molar-refractivity contribution in [1.29, 1.82) is 0 Å². The van der Waals surface area contributed by atoms with Crippen LogP contribution in [0.15, 0.2) is 42.5 Å². The van der Waals surface area contributed by atoms with E-state index in [2.05, 4.69) is 5.32 Å². The lowest BCUT2D eigenvalue weighted by molar-refractivity contribution is -0.127. The van der Waals surface area contributed by atoms with Gasteiger partial charge in [-0.25, -0.2) is 0 Å². The zero-order chi connectivity index (χ0) is 17.7. The molecule has 2 aromatic carbocycles. The van der Waals surface area contributed by atoms with Gasteiger partial charge in [-0.15, -0.1) is 0 Å². The number of rotatable bonds is 6. The summed E-state index contributed by atoms with van der Waals surface area (Å²) in [6.45, 7) is 5.52. The first kappa shape index (κ1) is 18.1. The highest BCUT2D eigenvalue weighted by Gasteiger charge is 2.19. The van der Waals surface area contributed by atoms with Gasteiger partial charge < -0.3 is 14.8 Å². The first-order valence-corrected chi connectivity index (χ1v) is 8.16. The predicted molar refractivity (Wildman–Crippen MR) is 95.8 cm³/mol. The van der Waals surface area contributed by atoms with Crippen LogP contribution in [0, 0.1) is 6.92 Å². The van der Waals surface area contributed by atoms with Gasteiger partial charge in [0.05, 0.1) is 13.2 Å². The number of amides is 1. The molecule has 0 aliphatic rings. The molecule has 24 heavy (non-hydrogen) atoms. The highest BCUT2D eigenvalue weighted by Crippen LogP contribution is 2.25. The zero-order valence-corrected chi connectivity index (χ0v) is 15.1. The van der Waals surface area contributed by atoms with Crippen LogP contribution in [-0.2, 0) is 4.79 Å². The summed E-state index contributed by atoms with van der Waals surface area (Å²) in [7, 11) is 1.61. The number of carbonyl (C=O) groups excluding carboxylic acids is 1. The monoisotopic (exact) mass is 347 g/mol. The van der Waals surface area contributed by atoms with Gasteiger partial charge in [0.25, 0.3) is 5.91 Å². The number of ether oxygens (including phenoxy) is 2. The second-order valence-corrected chi connectivity index (χ2v) is 6.05. The van der Waals surface area contributed by atoms with Crippen molar-refractivity contribution in [3.05, 3.63) is 58.6 Å². The molecule has 2 atom stereocenters. The molecule has 0 saturated heterocycles. The highest BCUT2D eigenvalue weighted by molar-refractivity contribution is 6.31. The molecule has 0 bridgehead atoms. The summed E-state index contributed by atoms with van der Waals surface area (Å²) in [5, 5.41) is 3.62. The Morgan fingerprint density at radius 2 is 1.88 bits per heavy atom. The molecule has 0 aromatic heterocycles. The van der Waals surface area contributed by atoms with E-state index in [9.17, 15) is 4.79 Å². The van der Waals surface area contributed by atoms with E-state index in [1.54, 1.807) is 26.2 Å². The number of hydrogen-bond acceptors (Lipinski definition) is 3. The Labute approximate surface area is 147 Å². The van der Waals surface area contributed by atoms with Crippen LogP contribution in [0.25, 0.3) is 0 Å². The minimum atomic E-state index is -0.622. The zero-order valence-electron chi connectivity index (χ0n) is 14.3. The molecule has 1 N–H and O–H groups in total. The second-order valence-electron chi connectivity index (χ2n) is 5.64. The summed E-state index contributed by atoms with van der Waals surface area (Å²) in [6, 6.07) is 12.7. The third-order valence-corrected chi connectivity index (χ3v) is 4.20. The number of para-hydroxylation sites is 1. The fraction of sp³-hybridized carbons (Fsp3) is 0.316. The molecule has 0 radical (unpaired) electrons. The number of aryl methyl sites for hydroxylation is 1. The van der Waals surface area contributed by atoms with Crippen molar-refractivity contribution in [2.75, 3.05) is 7.11 Å². The Morgan fingerprint density at radius 1 is 1.17 bits per heavy atom. The third-order valence-electron chi connectivity index (χ3n) is 3.78. The predicted octanol–water partition coefficient (Wildman–Crippen LogP) is 4.30. The second kappa shape index (κ2) is 8.06. The van der Waals surface area contributed by atoms with Crippen LogP contribution in [-0.4, -0.2) is 19.1 Å².